The fourth-order valence-corrected chi connectivity index (χ4v) is 2.84. The molecule has 0 saturated heterocycles. The molecule has 2 aromatic rings. The Balaban J connectivity index is 2.35. The lowest BCUT2D eigenvalue weighted by atomic mass is 10.2. The number of hydrogen-bond donors (Lipinski definition) is 1. The summed E-state index contributed by atoms with van der Waals surface area (Å²) in [5.74, 6) is 1.76. The molecule has 0 saturated carbocycles. The van der Waals surface area contributed by atoms with Gasteiger partial charge < -0.3 is 0 Å². The van der Waals surface area contributed by atoms with Gasteiger partial charge in [-0.3, -0.25) is 4.72 Å². The predicted molar refractivity (Wildman–Crippen MR) is 79.3 cm³/mol. The average Bonchev–Trinajstić information content (AvgIpc) is 2.41. The van der Waals surface area contributed by atoms with Crippen LogP contribution in [0.1, 0.15) is 5.56 Å². The topological polar surface area (TPSA) is 46.2 Å². The van der Waals surface area contributed by atoms with Crippen LogP contribution in [0.2, 0.25) is 0 Å². The molecule has 20 heavy (non-hydrogen) atoms. The summed E-state index contributed by atoms with van der Waals surface area (Å²) >= 11 is 2.97. The van der Waals surface area contributed by atoms with Gasteiger partial charge in [0.25, 0.3) is 10.0 Å². The van der Waals surface area contributed by atoms with Gasteiger partial charge in [0.15, 0.2) is 0 Å². The zero-order valence-corrected chi connectivity index (χ0v) is 12.5. The number of anilines is 1. The number of nitrogens with one attached hydrogen (secondary N) is 1. The number of sulfonamides is 1. The van der Waals surface area contributed by atoms with Crippen molar-refractivity contribution in [2.75, 3.05) is 4.72 Å². The largest absolute Gasteiger partial charge is 0.280 e. The molecule has 1 N–H and O–H groups in total. The van der Waals surface area contributed by atoms with Gasteiger partial charge in [-0.25, -0.2) is 12.8 Å². The highest BCUT2D eigenvalue weighted by Crippen LogP contribution is 2.21. The van der Waals surface area contributed by atoms with Crippen LogP contribution in [0.5, 0.6) is 0 Å². The van der Waals surface area contributed by atoms with E-state index in [-0.39, 0.29) is 9.37 Å². The molecule has 0 amide bonds. The first kappa shape index (κ1) is 14.6. The second kappa shape index (κ2) is 5.65. The molecule has 0 atom stereocenters. The molecule has 0 bridgehead atoms. The monoisotopic (exact) mass is 353 g/mol. The number of hydrogen-bond acceptors (Lipinski definition) is 2. The molecule has 3 nitrogen and oxygen atoms in total. The number of halogens is 2. The van der Waals surface area contributed by atoms with Gasteiger partial charge in [0, 0.05) is 5.56 Å². The van der Waals surface area contributed by atoms with Gasteiger partial charge in [-0.1, -0.05) is 12.0 Å². The van der Waals surface area contributed by atoms with E-state index < -0.39 is 15.8 Å². The summed E-state index contributed by atoms with van der Waals surface area (Å²) in [5, 5.41) is 0. The van der Waals surface area contributed by atoms with Crippen molar-refractivity contribution < 1.29 is 12.8 Å². The van der Waals surface area contributed by atoms with Crippen LogP contribution < -0.4 is 4.72 Å². The summed E-state index contributed by atoms with van der Waals surface area (Å²) in [6.07, 6.45) is 5.25. The molecule has 2 rings (SSSR count). The maximum absolute atomic E-state index is 13.4. The lowest BCUT2D eigenvalue weighted by molar-refractivity contribution is 0.593. The quantitative estimate of drug-likeness (QED) is 0.859. The second-order valence-corrected chi connectivity index (χ2v) is 6.44. The molecule has 0 aromatic heterocycles. The van der Waals surface area contributed by atoms with E-state index in [1.54, 1.807) is 18.2 Å². The lowest BCUT2D eigenvalue weighted by Gasteiger charge is -2.09. The van der Waals surface area contributed by atoms with Crippen LogP contribution in [-0.2, 0) is 10.0 Å². The van der Waals surface area contributed by atoms with E-state index >= 15 is 0 Å². The molecule has 0 radical (unpaired) electrons. The van der Waals surface area contributed by atoms with E-state index in [1.807, 2.05) is 0 Å². The molecular formula is C14H9BrFNO2S. The maximum atomic E-state index is 13.4. The van der Waals surface area contributed by atoms with Gasteiger partial charge in [-0.15, -0.1) is 6.42 Å². The van der Waals surface area contributed by atoms with Crippen LogP contribution in [0.15, 0.2) is 51.8 Å². The fourth-order valence-electron chi connectivity index (χ4n) is 1.53. The minimum Gasteiger partial charge on any atom is -0.280 e. The van der Waals surface area contributed by atoms with Crippen LogP contribution in [0, 0.1) is 18.2 Å². The Morgan fingerprint density at radius 3 is 2.60 bits per heavy atom. The summed E-state index contributed by atoms with van der Waals surface area (Å²) in [4.78, 5) is -0.163. The highest BCUT2D eigenvalue weighted by molar-refractivity contribution is 9.10. The highest BCUT2D eigenvalue weighted by Gasteiger charge is 2.16. The first-order valence-corrected chi connectivity index (χ1v) is 7.74. The molecule has 0 unspecified atom stereocenters. The summed E-state index contributed by atoms with van der Waals surface area (Å²) in [7, 11) is -3.86. The van der Waals surface area contributed by atoms with Gasteiger partial charge in [0.2, 0.25) is 0 Å². The Bertz CT molecular complexity index is 797. The van der Waals surface area contributed by atoms with Crippen molar-refractivity contribution in [3.63, 3.8) is 0 Å². The van der Waals surface area contributed by atoms with E-state index in [1.165, 1.54) is 18.2 Å². The van der Waals surface area contributed by atoms with Gasteiger partial charge in [0.1, 0.15) is 5.82 Å². The van der Waals surface area contributed by atoms with Crippen molar-refractivity contribution in [3.05, 3.63) is 58.3 Å². The third-order valence-electron chi connectivity index (χ3n) is 2.48. The molecule has 0 fully saturated rings. The van der Waals surface area contributed by atoms with E-state index in [0.717, 1.165) is 6.07 Å². The van der Waals surface area contributed by atoms with E-state index in [2.05, 4.69) is 26.6 Å². The molecule has 0 heterocycles. The Hall–Kier alpha value is -1.84. The van der Waals surface area contributed by atoms with Gasteiger partial charge in [0.05, 0.1) is 15.1 Å². The normalized spacial score (nSPS) is 10.8. The zero-order chi connectivity index (χ0) is 14.8. The van der Waals surface area contributed by atoms with Crippen LogP contribution in [0.4, 0.5) is 10.1 Å². The lowest BCUT2D eigenvalue weighted by Crippen LogP contribution is -2.13. The van der Waals surface area contributed by atoms with Crippen LogP contribution in [-0.4, -0.2) is 8.42 Å². The molecule has 0 spiro atoms. The van der Waals surface area contributed by atoms with Crippen molar-refractivity contribution in [3.8, 4) is 12.3 Å². The van der Waals surface area contributed by atoms with Gasteiger partial charge >= 0.3 is 0 Å². The molecule has 0 aliphatic rings. The summed E-state index contributed by atoms with van der Waals surface area (Å²) in [6, 6.07) is 9.98. The minimum atomic E-state index is -3.86. The zero-order valence-electron chi connectivity index (χ0n) is 10.1. The summed E-state index contributed by atoms with van der Waals surface area (Å²) in [5.41, 5.74) is 0.871. The molecule has 102 valence electrons. The standard InChI is InChI=1S/C14H9BrFNO2S/c1-2-10-4-3-5-11(8-10)17-20(18,19)12-6-7-13(15)14(16)9-12/h1,3-9,17H. The van der Waals surface area contributed by atoms with E-state index in [0.29, 0.717) is 11.3 Å². The Morgan fingerprint density at radius 1 is 1.20 bits per heavy atom. The Labute approximate surface area is 125 Å². The number of benzene rings is 2. The van der Waals surface area contributed by atoms with E-state index in [4.69, 9.17) is 6.42 Å². The van der Waals surface area contributed by atoms with Crippen molar-refractivity contribution in [2.24, 2.45) is 0 Å². The predicted octanol–water partition coefficient (Wildman–Crippen LogP) is 3.37. The highest BCUT2D eigenvalue weighted by atomic mass is 79.9. The number of rotatable bonds is 3. The average molecular weight is 354 g/mol. The molecular weight excluding hydrogens is 345 g/mol. The van der Waals surface area contributed by atoms with Crippen molar-refractivity contribution >= 4 is 31.6 Å². The van der Waals surface area contributed by atoms with E-state index in [9.17, 15) is 12.8 Å². The third kappa shape index (κ3) is 3.18. The fraction of sp³-hybridized carbons (Fsp3) is 0. The summed E-state index contributed by atoms with van der Waals surface area (Å²) < 4.78 is 40.2. The second-order valence-electron chi connectivity index (χ2n) is 3.91. The molecule has 2 aromatic carbocycles. The van der Waals surface area contributed by atoms with Crippen LogP contribution >= 0.6 is 15.9 Å². The first-order valence-electron chi connectivity index (χ1n) is 5.47. The smallest absolute Gasteiger partial charge is 0.261 e. The molecule has 0 aliphatic heterocycles. The van der Waals surface area contributed by atoms with Gasteiger partial charge in [-0.05, 0) is 52.3 Å². The van der Waals surface area contributed by atoms with Crippen LogP contribution in [0.3, 0.4) is 0 Å². The molecule has 0 aliphatic carbocycles. The number of terminal acetylenes is 1. The Morgan fingerprint density at radius 2 is 1.95 bits per heavy atom. The molecule has 6 heteroatoms. The van der Waals surface area contributed by atoms with Crippen molar-refractivity contribution in [2.45, 2.75) is 4.90 Å². The third-order valence-corrected chi connectivity index (χ3v) is 4.50. The van der Waals surface area contributed by atoms with Gasteiger partial charge in [-0.2, -0.15) is 0 Å². The Kier molecular flexibility index (Phi) is 4.12. The van der Waals surface area contributed by atoms with Crippen molar-refractivity contribution in [1.82, 2.24) is 0 Å². The van der Waals surface area contributed by atoms with Crippen molar-refractivity contribution in [1.29, 1.82) is 0 Å². The summed E-state index contributed by atoms with van der Waals surface area (Å²) in [6.45, 7) is 0. The van der Waals surface area contributed by atoms with Crippen LogP contribution in [0.25, 0.3) is 0 Å². The minimum absolute atomic E-state index is 0.163. The maximum Gasteiger partial charge on any atom is 0.261 e. The SMILES string of the molecule is C#Cc1cccc(NS(=O)(=O)c2ccc(Br)c(F)c2)c1. The first-order chi connectivity index (χ1) is 9.42.